The van der Waals surface area contributed by atoms with Gasteiger partial charge in [0.1, 0.15) is 0 Å². The summed E-state index contributed by atoms with van der Waals surface area (Å²) in [6.07, 6.45) is 3.37. The van der Waals surface area contributed by atoms with Crippen LogP contribution in [0.4, 0.5) is 0 Å². The molecule has 0 saturated carbocycles. The minimum absolute atomic E-state index is 0.0238. The van der Waals surface area contributed by atoms with Crippen LogP contribution in [-0.2, 0) is 18.4 Å². The number of hydrogen-bond donors (Lipinski definition) is 2. The summed E-state index contributed by atoms with van der Waals surface area (Å²) in [7, 11) is 1.85. The van der Waals surface area contributed by atoms with E-state index in [0.29, 0.717) is 13.1 Å². The lowest BCUT2D eigenvalue weighted by atomic mass is 9.81. The number of rotatable bonds is 6. The van der Waals surface area contributed by atoms with E-state index in [-0.39, 0.29) is 5.91 Å². The van der Waals surface area contributed by atoms with E-state index in [1.807, 2.05) is 33.2 Å². The summed E-state index contributed by atoms with van der Waals surface area (Å²) >= 11 is 0. The maximum Gasteiger partial charge on any atom is 0.227 e. The van der Waals surface area contributed by atoms with Gasteiger partial charge in [-0.2, -0.15) is 5.10 Å². The zero-order valence-corrected chi connectivity index (χ0v) is 10.9. The molecule has 1 aromatic rings. The minimum atomic E-state index is -0.436. The van der Waals surface area contributed by atoms with Gasteiger partial charge in [0.15, 0.2) is 0 Å². The van der Waals surface area contributed by atoms with Gasteiger partial charge in [0.2, 0.25) is 5.91 Å². The topological polar surface area (TPSA) is 72.9 Å². The molecule has 0 aliphatic carbocycles. The van der Waals surface area contributed by atoms with Gasteiger partial charge in [0.25, 0.3) is 0 Å². The molecule has 0 fully saturated rings. The molecule has 0 aliphatic rings. The van der Waals surface area contributed by atoms with Crippen molar-refractivity contribution in [1.29, 1.82) is 0 Å². The van der Waals surface area contributed by atoms with Crippen LogP contribution in [0.3, 0.4) is 0 Å². The van der Waals surface area contributed by atoms with Crippen LogP contribution in [0.25, 0.3) is 0 Å². The van der Waals surface area contributed by atoms with Gasteiger partial charge in [-0.05, 0) is 18.9 Å². The third-order valence-electron chi connectivity index (χ3n) is 3.42. The number of hydrogen-bond acceptors (Lipinski definition) is 3. The van der Waals surface area contributed by atoms with Crippen molar-refractivity contribution in [3.63, 3.8) is 0 Å². The summed E-state index contributed by atoms with van der Waals surface area (Å²) in [6, 6.07) is 1.89. The number of aromatic nitrogens is 2. The van der Waals surface area contributed by atoms with E-state index < -0.39 is 5.41 Å². The number of nitrogens with two attached hydrogens (primary N) is 1. The van der Waals surface area contributed by atoms with Crippen LogP contribution < -0.4 is 11.1 Å². The number of nitrogens with one attached hydrogen (secondary N) is 1. The van der Waals surface area contributed by atoms with Gasteiger partial charge in [-0.15, -0.1) is 0 Å². The molecule has 17 heavy (non-hydrogen) atoms. The molecule has 5 heteroatoms. The average Bonchev–Trinajstić information content (AvgIpc) is 2.75. The van der Waals surface area contributed by atoms with Crippen LogP contribution in [0.2, 0.25) is 0 Å². The fourth-order valence-electron chi connectivity index (χ4n) is 1.87. The molecule has 0 spiro atoms. The van der Waals surface area contributed by atoms with Crippen molar-refractivity contribution in [2.24, 2.45) is 18.2 Å². The highest BCUT2D eigenvalue weighted by molar-refractivity contribution is 5.82. The fourth-order valence-corrected chi connectivity index (χ4v) is 1.87. The first kappa shape index (κ1) is 13.7. The number of nitrogens with zero attached hydrogens (tertiary/aromatic N) is 2. The normalized spacial score (nSPS) is 11.5. The fraction of sp³-hybridized carbons (Fsp3) is 0.667. The van der Waals surface area contributed by atoms with Gasteiger partial charge < -0.3 is 11.1 Å². The van der Waals surface area contributed by atoms with Gasteiger partial charge in [-0.3, -0.25) is 9.48 Å². The first-order chi connectivity index (χ1) is 8.07. The summed E-state index contributed by atoms with van der Waals surface area (Å²) in [6.45, 7) is 4.84. The molecular weight excluding hydrogens is 216 g/mol. The Bertz CT molecular complexity index is 360. The summed E-state index contributed by atoms with van der Waals surface area (Å²) in [4.78, 5) is 12.1. The second-order valence-corrected chi connectivity index (χ2v) is 4.35. The van der Waals surface area contributed by atoms with Crippen molar-refractivity contribution in [1.82, 2.24) is 15.1 Å². The van der Waals surface area contributed by atoms with E-state index in [1.165, 1.54) is 0 Å². The van der Waals surface area contributed by atoms with Gasteiger partial charge in [-0.1, -0.05) is 13.8 Å². The second kappa shape index (κ2) is 5.82. The van der Waals surface area contributed by atoms with E-state index in [4.69, 9.17) is 5.73 Å². The molecule has 1 heterocycles. The molecule has 0 atom stereocenters. The molecule has 0 saturated heterocycles. The number of carbonyl (C=O) groups excluding carboxylic acids is 1. The lowest BCUT2D eigenvalue weighted by Gasteiger charge is -2.28. The zero-order valence-electron chi connectivity index (χ0n) is 10.9. The first-order valence-electron chi connectivity index (χ1n) is 6.05. The molecule has 1 aromatic heterocycles. The molecule has 96 valence electrons. The third kappa shape index (κ3) is 3.06. The predicted molar refractivity (Wildman–Crippen MR) is 67.1 cm³/mol. The minimum Gasteiger partial charge on any atom is -0.350 e. The molecule has 3 N–H and O–H groups in total. The summed E-state index contributed by atoms with van der Waals surface area (Å²) < 4.78 is 1.72. The molecule has 0 aromatic carbocycles. The Labute approximate surface area is 102 Å². The van der Waals surface area contributed by atoms with Crippen LogP contribution >= 0.6 is 0 Å². The van der Waals surface area contributed by atoms with Crippen LogP contribution in [0.1, 0.15) is 32.4 Å². The van der Waals surface area contributed by atoms with Gasteiger partial charge in [0, 0.05) is 19.8 Å². The van der Waals surface area contributed by atoms with E-state index in [9.17, 15) is 4.79 Å². The standard InChI is InChI=1S/C12H22N4O/c1-4-12(5-2,9-13)11(17)14-8-10-6-7-16(3)15-10/h6-7H,4-5,8-9,13H2,1-3H3,(H,14,17). The van der Waals surface area contributed by atoms with Crippen molar-refractivity contribution < 1.29 is 4.79 Å². The Morgan fingerprint density at radius 1 is 1.53 bits per heavy atom. The lowest BCUT2D eigenvalue weighted by Crippen LogP contribution is -2.45. The summed E-state index contributed by atoms with van der Waals surface area (Å²) in [5.74, 6) is 0.0238. The zero-order chi connectivity index (χ0) is 12.9. The third-order valence-corrected chi connectivity index (χ3v) is 3.42. The second-order valence-electron chi connectivity index (χ2n) is 4.35. The quantitative estimate of drug-likeness (QED) is 0.770. The molecule has 0 radical (unpaired) electrons. The van der Waals surface area contributed by atoms with Gasteiger partial charge in [0.05, 0.1) is 17.7 Å². The molecule has 0 bridgehead atoms. The Hall–Kier alpha value is -1.36. The van der Waals surface area contributed by atoms with Crippen LogP contribution in [0.15, 0.2) is 12.3 Å². The van der Waals surface area contributed by atoms with Crippen molar-refractivity contribution in [3.8, 4) is 0 Å². The predicted octanol–water partition coefficient (Wildman–Crippen LogP) is 0.801. The highest BCUT2D eigenvalue weighted by atomic mass is 16.2. The van der Waals surface area contributed by atoms with Gasteiger partial charge >= 0.3 is 0 Å². The summed E-state index contributed by atoms with van der Waals surface area (Å²) in [5.41, 5.74) is 6.15. The Morgan fingerprint density at radius 2 is 2.18 bits per heavy atom. The highest BCUT2D eigenvalue weighted by Crippen LogP contribution is 2.24. The smallest absolute Gasteiger partial charge is 0.227 e. The molecule has 1 amide bonds. The van der Waals surface area contributed by atoms with E-state index in [0.717, 1.165) is 18.5 Å². The number of carbonyl (C=O) groups is 1. The molecule has 0 aliphatic heterocycles. The molecule has 5 nitrogen and oxygen atoms in total. The van der Waals surface area contributed by atoms with Crippen LogP contribution in [0.5, 0.6) is 0 Å². The number of aryl methyl sites for hydroxylation is 1. The van der Waals surface area contributed by atoms with Crippen molar-refractivity contribution in [2.75, 3.05) is 6.54 Å². The van der Waals surface area contributed by atoms with E-state index in [2.05, 4.69) is 10.4 Å². The van der Waals surface area contributed by atoms with Crippen molar-refractivity contribution in [3.05, 3.63) is 18.0 Å². The molecule has 0 unspecified atom stereocenters. The SMILES string of the molecule is CCC(CC)(CN)C(=O)NCc1ccn(C)n1. The van der Waals surface area contributed by atoms with E-state index >= 15 is 0 Å². The Morgan fingerprint density at radius 3 is 2.59 bits per heavy atom. The first-order valence-corrected chi connectivity index (χ1v) is 6.05. The maximum atomic E-state index is 12.1. The monoisotopic (exact) mass is 238 g/mol. The van der Waals surface area contributed by atoms with E-state index in [1.54, 1.807) is 4.68 Å². The van der Waals surface area contributed by atoms with Crippen LogP contribution in [-0.4, -0.2) is 22.2 Å². The average molecular weight is 238 g/mol. The molecular formula is C12H22N4O. The van der Waals surface area contributed by atoms with Crippen molar-refractivity contribution in [2.45, 2.75) is 33.2 Å². The number of amides is 1. The maximum absolute atomic E-state index is 12.1. The Balaban J connectivity index is 2.59. The van der Waals surface area contributed by atoms with Crippen LogP contribution in [0, 0.1) is 5.41 Å². The lowest BCUT2D eigenvalue weighted by molar-refractivity contribution is -0.131. The Kier molecular flexibility index (Phi) is 4.69. The van der Waals surface area contributed by atoms with Gasteiger partial charge in [-0.25, -0.2) is 0 Å². The largest absolute Gasteiger partial charge is 0.350 e. The van der Waals surface area contributed by atoms with Crippen molar-refractivity contribution >= 4 is 5.91 Å². The summed E-state index contributed by atoms with van der Waals surface area (Å²) in [5, 5.41) is 7.12. The molecule has 1 rings (SSSR count). The highest BCUT2D eigenvalue weighted by Gasteiger charge is 2.32.